The van der Waals surface area contributed by atoms with E-state index in [-0.39, 0.29) is 16.6 Å². The minimum absolute atomic E-state index is 0.158. The second-order valence-corrected chi connectivity index (χ2v) is 4.28. The quantitative estimate of drug-likeness (QED) is 0.840. The van der Waals surface area contributed by atoms with E-state index < -0.39 is 17.8 Å². The SMILES string of the molecule is Fc1cc(Cl)cc([C@@H]2CCCN2)c1C(F)F. The first-order chi connectivity index (χ1) is 7.59. The first-order valence-electron chi connectivity index (χ1n) is 5.10. The Morgan fingerprint density at radius 2 is 2.12 bits per heavy atom. The van der Waals surface area contributed by atoms with Gasteiger partial charge in [-0.05, 0) is 37.1 Å². The van der Waals surface area contributed by atoms with Crippen molar-refractivity contribution in [1.29, 1.82) is 0 Å². The molecule has 5 heteroatoms. The van der Waals surface area contributed by atoms with Crippen LogP contribution in [0.4, 0.5) is 13.2 Å². The Kier molecular flexibility index (Phi) is 3.40. The number of hydrogen-bond acceptors (Lipinski definition) is 1. The van der Waals surface area contributed by atoms with Crippen molar-refractivity contribution >= 4 is 11.6 Å². The molecule has 1 heterocycles. The summed E-state index contributed by atoms with van der Waals surface area (Å²) in [4.78, 5) is 0. The summed E-state index contributed by atoms with van der Waals surface area (Å²) in [6, 6.07) is 2.15. The molecule has 0 spiro atoms. The first kappa shape index (κ1) is 11.7. The predicted octanol–water partition coefficient (Wildman–Crippen LogP) is 3.84. The number of halogens is 4. The van der Waals surface area contributed by atoms with Gasteiger partial charge in [0.2, 0.25) is 0 Å². The summed E-state index contributed by atoms with van der Waals surface area (Å²) in [6.07, 6.45) is -1.17. The molecule has 1 fully saturated rings. The standard InChI is InChI=1S/C11H11ClF3N/c12-6-4-7(9-2-1-3-16-9)10(11(14)15)8(13)5-6/h4-5,9,11,16H,1-3H2/t9-/m0/s1. The molecule has 1 aromatic carbocycles. The third kappa shape index (κ3) is 2.18. The van der Waals surface area contributed by atoms with Gasteiger partial charge in [0.15, 0.2) is 0 Å². The number of hydrogen-bond donors (Lipinski definition) is 1. The molecule has 1 nitrogen and oxygen atoms in total. The third-order valence-electron chi connectivity index (χ3n) is 2.78. The summed E-state index contributed by atoms with van der Waals surface area (Å²) in [5.41, 5.74) is -0.235. The highest BCUT2D eigenvalue weighted by atomic mass is 35.5. The highest BCUT2D eigenvalue weighted by Gasteiger charge is 2.26. The second kappa shape index (κ2) is 4.63. The fraction of sp³-hybridized carbons (Fsp3) is 0.455. The number of benzene rings is 1. The molecule has 2 rings (SSSR count). The molecule has 0 saturated carbocycles. The molecule has 0 amide bonds. The topological polar surface area (TPSA) is 12.0 Å². The lowest BCUT2D eigenvalue weighted by Gasteiger charge is -2.16. The fourth-order valence-corrected chi connectivity index (χ4v) is 2.29. The molecule has 16 heavy (non-hydrogen) atoms. The number of alkyl halides is 2. The third-order valence-corrected chi connectivity index (χ3v) is 3.00. The fourth-order valence-electron chi connectivity index (χ4n) is 2.07. The van der Waals surface area contributed by atoms with Crippen molar-refractivity contribution in [1.82, 2.24) is 5.32 Å². The molecule has 0 aromatic heterocycles. The van der Waals surface area contributed by atoms with E-state index in [1.54, 1.807) is 0 Å². The molecule has 0 radical (unpaired) electrons. The molecule has 1 saturated heterocycles. The molecule has 0 aliphatic carbocycles. The van der Waals surface area contributed by atoms with Gasteiger partial charge in [0.05, 0.1) is 5.56 Å². The van der Waals surface area contributed by atoms with Crippen LogP contribution in [0.2, 0.25) is 5.02 Å². The van der Waals surface area contributed by atoms with Crippen LogP contribution in [0.3, 0.4) is 0 Å². The van der Waals surface area contributed by atoms with Crippen molar-refractivity contribution in [2.75, 3.05) is 6.54 Å². The van der Waals surface area contributed by atoms with Gasteiger partial charge in [-0.2, -0.15) is 0 Å². The normalized spacial score (nSPS) is 20.7. The van der Waals surface area contributed by atoms with Gasteiger partial charge >= 0.3 is 0 Å². The Hall–Kier alpha value is -0.740. The average Bonchev–Trinajstić information content (AvgIpc) is 2.67. The molecule has 1 atom stereocenters. The smallest absolute Gasteiger partial charge is 0.266 e. The zero-order valence-corrected chi connectivity index (χ0v) is 9.20. The second-order valence-electron chi connectivity index (χ2n) is 3.84. The molecule has 1 aromatic rings. The maximum absolute atomic E-state index is 13.4. The molecule has 0 unspecified atom stereocenters. The lowest BCUT2D eigenvalue weighted by atomic mass is 9.99. The monoisotopic (exact) mass is 249 g/mol. The molecule has 1 N–H and O–H groups in total. The van der Waals surface area contributed by atoms with Crippen LogP contribution in [0.5, 0.6) is 0 Å². The zero-order valence-electron chi connectivity index (χ0n) is 8.44. The van der Waals surface area contributed by atoms with Gasteiger partial charge in [-0.1, -0.05) is 11.6 Å². The van der Waals surface area contributed by atoms with Crippen LogP contribution >= 0.6 is 11.6 Å². The Labute approximate surface area is 96.6 Å². The van der Waals surface area contributed by atoms with Gasteiger partial charge in [0, 0.05) is 11.1 Å². The predicted molar refractivity (Wildman–Crippen MR) is 56.3 cm³/mol. The van der Waals surface area contributed by atoms with Gasteiger partial charge in [-0.25, -0.2) is 13.2 Å². The summed E-state index contributed by atoms with van der Waals surface area (Å²) < 4.78 is 38.9. The Morgan fingerprint density at radius 3 is 2.69 bits per heavy atom. The minimum atomic E-state index is -2.81. The lowest BCUT2D eigenvalue weighted by Crippen LogP contribution is -2.15. The lowest BCUT2D eigenvalue weighted by molar-refractivity contribution is 0.144. The summed E-state index contributed by atoms with van der Waals surface area (Å²) >= 11 is 5.69. The summed E-state index contributed by atoms with van der Waals surface area (Å²) in [6.45, 7) is 0.765. The summed E-state index contributed by atoms with van der Waals surface area (Å²) in [5.74, 6) is -0.925. The van der Waals surface area contributed by atoms with Crippen molar-refractivity contribution in [3.05, 3.63) is 34.1 Å². The molecule has 1 aliphatic heterocycles. The van der Waals surface area contributed by atoms with E-state index in [1.807, 2.05) is 0 Å². The van der Waals surface area contributed by atoms with Crippen molar-refractivity contribution in [2.45, 2.75) is 25.3 Å². The van der Waals surface area contributed by atoms with E-state index in [1.165, 1.54) is 6.07 Å². The van der Waals surface area contributed by atoms with Gasteiger partial charge in [0.25, 0.3) is 6.43 Å². The van der Waals surface area contributed by atoms with E-state index in [4.69, 9.17) is 11.6 Å². The van der Waals surface area contributed by atoms with Crippen molar-refractivity contribution < 1.29 is 13.2 Å². The molecule has 0 bridgehead atoms. The van der Waals surface area contributed by atoms with Crippen molar-refractivity contribution in [3.8, 4) is 0 Å². The molecule has 88 valence electrons. The molecular formula is C11H11ClF3N. The molecular weight excluding hydrogens is 239 g/mol. The minimum Gasteiger partial charge on any atom is -0.310 e. The summed E-state index contributed by atoms with van der Waals surface area (Å²) in [5, 5.41) is 3.22. The number of nitrogens with one attached hydrogen (secondary N) is 1. The highest BCUT2D eigenvalue weighted by Crippen LogP contribution is 2.35. The van der Waals surface area contributed by atoms with Crippen LogP contribution in [0.15, 0.2) is 12.1 Å². The highest BCUT2D eigenvalue weighted by molar-refractivity contribution is 6.30. The van der Waals surface area contributed by atoms with Gasteiger partial charge in [-0.15, -0.1) is 0 Å². The largest absolute Gasteiger partial charge is 0.310 e. The zero-order chi connectivity index (χ0) is 11.7. The van der Waals surface area contributed by atoms with Crippen LogP contribution in [0.25, 0.3) is 0 Å². The van der Waals surface area contributed by atoms with Crippen LogP contribution in [0, 0.1) is 5.82 Å². The van der Waals surface area contributed by atoms with E-state index in [9.17, 15) is 13.2 Å². The number of rotatable bonds is 2. The van der Waals surface area contributed by atoms with E-state index in [2.05, 4.69) is 5.32 Å². The Morgan fingerprint density at radius 1 is 1.38 bits per heavy atom. The van der Waals surface area contributed by atoms with Gasteiger partial charge in [-0.3, -0.25) is 0 Å². The van der Waals surface area contributed by atoms with E-state index in [0.29, 0.717) is 0 Å². The Bertz CT molecular complexity index is 389. The maximum Gasteiger partial charge on any atom is 0.266 e. The van der Waals surface area contributed by atoms with Crippen molar-refractivity contribution in [3.63, 3.8) is 0 Å². The van der Waals surface area contributed by atoms with Gasteiger partial charge in [0.1, 0.15) is 5.82 Å². The average molecular weight is 250 g/mol. The van der Waals surface area contributed by atoms with E-state index in [0.717, 1.165) is 25.5 Å². The molecule has 1 aliphatic rings. The van der Waals surface area contributed by atoms with Crippen LogP contribution in [-0.4, -0.2) is 6.54 Å². The van der Waals surface area contributed by atoms with Crippen LogP contribution in [0.1, 0.15) is 36.4 Å². The maximum atomic E-state index is 13.4. The van der Waals surface area contributed by atoms with E-state index >= 15 is 0 Å². The van der Waals surface area contributed by atoms with Crippen LogP contribution < -0.4 is 5.32 Å². The summed E-state index contributed by atoms with van der Waals surface area (Å²) in [7, 11) is 0. The van der Waals surface area contributed by atoms with Crippen LogP contribution in [-0.2, 0) is 0 Å². The first-order valence-corrected chi connectivity index (χ1v) is 5.47. The van der Waals surface area contributed by atoms with Crippen molar-refractivity contribution in [2.24, 2.45) is 0 Å². The van der Waals surface area contributed by atoms with Gasteiger partial charge < -0.3 is 5.32 Å². The Balaban J connectivity index is 2.47.